The number of nitrogens with zero attached hydrogens (tertiary/aromatic N) is 2. The Morgan fingerprint density at radius 3 is 2.11 bits per heavy atom. The van der Waals surface area contributed by atoms with Crippen LogP contribution in [-0.2, 0) is 0 Å². The minimum atomic E-state index is 0.988. The van der Waals surface area contributed by atoms with Gasteiger partial charge in [0.25, 0.3) is 0 Å². The topological polar surface area (TPSA) is 17.8 Å². The summed E-state index contributed by atoms with van der Waals surface area (Å²) in [5.41, 5.74) is 4.45. The smallest absolute Gasteiger partial charge is 0.147 e. The lowest BCUT2D eigenvalue weighted by molar-refractivity contribution is 1.11. The quantitative estimate of drug-likeness (QED) is 0.240. The first kappa shape index (κ1) is 19.3. The molecule has 0 aliphatic carbocycles. The lowest BCUT2D eigenvalue weighted by Gasteiger charge is -2.11. The van der Waals surface area contributed by atoms with Gasteiger partial charge in [0, 0.05) is 51.6 Å². The van der Waals surface area contributed by atoms with Crippen LogP contribution < -0.4 is 0 Å². The van der Waals surface area contributed by atoms with Gasteiger partial charge in [-0.25, -0.2) is 4.98 Å². The zero-order valence-electron chi connectivity index (χ0n) is 18.6. The van der Waals surface area contributed by atoms with Gasteiger partial charge in [0.1, 0.15) is 5.82 Å². The van der Waals surface area contributed by atoms with E-state index in [1.807, 2.05) is 22.7 Å². The molecule has 35 heavy (non-hydrogen) atoms. The van der Waals surface area contributed by atoms with Crippen molar-refractivity contribution in [3.05, 3.63) is 109 Å². The van der Waals surface area contributed by atoms with Crippen LogP contribution >= 0.6 is 22.7 Å². The lowest BCUT2D eigenvalue weighted by Crippen LogP contribution is -1.97. The number of imidazole rings is 1. The molecular formula is C31H18N2S2. The van der Waals surface area contributed by atoms with Crippen LogP contribution in [0.2, 0.25) is 0 Å². The number of aromatic nitrogens is 2. The summed E-state index contributed by atoms with van der Waals surface area (Å²) in [7, 11) is 0. The first-order chi connectivity index (χ1) is 17.3. The van der Waals surface area contributed by atoms with Gasteiger partial charge in [0.2, 0.25) is 0 Å². The molecule has 0 bridgehead atoms. The number of para-hydroxylation sites is 2. The third kappa shape index (κ3) is 2.78. The van der Waals surface area contributed by atoms with Crippen molar-refractivity contribution in [2.45, 2.75) is 0 Å². The minimum absolute atomic E-state index is 0.988. The summed E-state index contributed by atoms with van der Waals surface area (Å²) in [4.78, 5) is 5.18. The van der Waals surface area contributed by atoms with Crippen LogP contribution in [0.3, 0.4) is 0 Å². The van der Waals surface area contributed by atoms with E-state index in [9.17, 15) is 0 Å². The summed E-state index contributed by atoms with van der Waals surface area (Å²) < 4.78 is 7.56. The first-order valence-electron chi connectivity index (χ1n) is 11.6. The third-order valence-electron chi connectivity index (χ3n) is 6.82. The average Bonchev–Trinajstić information content (AvgIpc) is 3.59. The molecule has 8 aromatic rings. The normalized spacial score (nSPS) is 12.0. The molecule has 0 radical (unpaired) electrons. The van der Waals surface area contributed by atoms with Crippen LogP contribution in [0.25, 0.3) is 68.5 Å². The fraction of sp³-hybridized carbons (Fsp3) is 0. The predicted octanol–water partition coefficient (Wildman–Crippen LogP) is 9.43. The zero-order chi connectivity index (χ0) is 22.9. The number of fused-ring (bicyclic) bond motifs is 7. The van der Waals surface area contributed by atoms with Crippen LogP contribution in [0.15, 0.2) is 109 Å². The zero-order valence-corrected chi connectivity index (χ0v) is 20.2. The number of hydrogen-bond acceptors (Lipinski definition) is 3. The highest BCUT2D eigenvalue weighted by Gasteiger charge is 2.19. The second-order valence-electron chi connectivity index (χ2n) is 8.82. The molecule has 4 heteroatoms. The number of thiophene rings is 2. The molecule has 3 aromatic heterocycles. The van der Waals surface area contributed by atoms with E-state index in [-0.39, 0.29) is 0 Å². The van der Waals surface area contributed by atoms with Crippen molar-refractivity contribution >= 4 is 74.1 Å². The van der Waals surface area contributed by atoms with Crippen LogP contribution in [0.4, 0.5) is 0 Å². The summed E-state index contributed by atoms with van der Waals surface area (Å²) in [6.45, 7) is 0. The fourth-order valence-electron chi connectivity index (χ4n) is 5.24. The molecular weight excluding hydrogens is 464 g/mol. The Bertz CT molecular complexity index is 2070. The molecule has 164 valence electrons. The van der Waals surface area contributed by atoms with E-state index in [0.717, 1.165) is 22.5 Å². The van der Waals surface area contributed by atoms with Gasteiger partial charge in [-0.05, 0) is 48.5 Å². The standard InChI is InChI=1S/C31H18N2S2/c1-6-15-28-20(8-1)22-10-7-11-23(30(22)35-28)31-32-25-12-3-4-13-26(25)33(31)19-16-17-29-24(18-19)21-9-2-5-14-27(21)34-29/h1-18H. The molecule has 0 fully saturated rings. The molecule has 0 amide bonds. The van der Waals surface area contributed by atoms with Gasteiger partial charge >= 0.3 is 0 Å². The van der Waals surface area contributed by atoms with E-state index in [4.69, 9.17) is 4.98 Å². The van der Waals surface area contributed by atoms with Crippen molar-refractivity contribution < 1.29 is 0 Å². The van der Waals surface area contributed by atoms with E-state index in [1.165, 1.54) is 45.9 Å². The molecule has 0 aliphatic heterocycles. The molecule has 2 nitrogen and oxygen atoms in total. The van der Waals surface area contributed by atoms with Gasteiger partial charge in [0.15, 0.2) is 0 Å². The van der Waals surface area contributed by atoms with Crippen LogP contribution in [0, 0.1) is 0 Å². The van der Waals surface area contributed by atoms with Crippen molar-refractivity contribution in [1.29, 1.82) is 0 Å². The maximum Gasteiger partial charge on any atom is 0.147 e. The molecule has 8 rings (SSSR count). The van der Waals surface area contributed by atoms with Gasteiger partial charge in [0.05, 0.1) is 11.0 Å². The average molecular weight is 483 g/mol. The lowest BCUT2D eigenvalue weighted by atomic mass is 10.1. The maximum atomic E-state index is 5.18. The van der Waals surface area contributed by atoms with E-state index >= 15 is 0 Å². The van der Waals surface area contributed by atoms with Gasteiger partial charge < -0.3 is 0 Å². The molecule has 5 aromatic carbocycles. The summed E-state index contributed by atoms with van der Waals surface area (Å²) >= 11 is 3.70. The Kier molecular flexibility index (Phi) is 4.01. The Morgan fingerprint density at radius 1 is 0.543 bits per heavy atom. The van der Waals surface area contributed by atoms with E-state index in [2.05, 4.69) is 114 Å². The Balaban J connectivity index is 1.47. The minimum Gasteiger partial charge on any atom is -0.292 e. The van der Waals surface area contributed by atoms with Crippen molar-refractivity contribution in [1.82, 2.24) is 9.55 Å². The van der Waals surface area contributed by atoms with Gasteiger partial charge in [-0.1, -0.05) is 60.7 Å². The summed E-state index contributed by atoms with van der Waals surface area (Å²) in [5.74, 6) is 0.988. The van der Waals surface area contributed by atoms with Gasteiger partial charge in [-0.3, -0.25) is 4.57 Å². The van der Waals surface area contributed by atoms with E-state index in [0.29, 0.717) is 0 Å². The van der Waals surface area contributed by atoms with E-state index in [1.54, 1.807) is 0 Å². The highest BCUT2D eigenvalue weighted by atomic mass is 32.1. The Morgan fingerprint density at radius 2 is 1.23 bits per heavy atom. The summed E-state index contributed by atoms with van der Waals surface area (Å²) in [6.07, 6.45) is 0. The first-order valence-corrected chi connectivity index (χ1v) is 13.3. The van der Waals surface area contributed by atoms with Crippen LogP contribution in [0.5, 0.6) is 0 Å². The fourth-order valence-corrected chi connectivity index (χ4v) is 7.54. The second-order valence-corrected chi connectivity index (χ2v) is 11.0. The number of benzene rings is 5. The molecule has 3 heterocycles. The summed E-state index contributed by atoms with van der Waals surface area (Å²) in [6, 6.07) is 39.2. The second kappa shape index (κ2) is 7.25. The highest BCUT2D eigenvalue weighted by molar-refractivity contribution is 7.26. The Labute approximate surface area is 209 Å². The van der Waals surface area contributed by atoms with Crippen molar-refractivity contribution in [2.24, 2.45) is 0 Å². The van der Waals surface area contributed by atoms with Gasteiger partial charge in [-0.2, -0.15) is 0 Å². The largest absolute Gasteiger partial charge is 0.292 e. The van der Waals surface area contributed by atoms with E-state index < -0.39 is 0 Å². The third-order valence-corrected chi connectivity index (χ3v) is 9.20. The molecule has 0 unspecified atom stereocenters. The maximum absolute atomic E-state index is 5.18. The predicted molar refractivity (Wildman–Crippen MR) is 152 cm³/mol. The molecule has 0 spiro atoms. The molecule has 0 atom stereocenters. The molecule has 0 aliphatic rings. The Hall–Kier alpha value is -3.99. The number of rotatable bonds is 2. The van der Waals surface area contributed by atoms with Crippen molar-refractivity contribution in [3.63, 3.8) is 0 Å². The summed E-state index contributed by atoms with van der Waals surface area (Å²) in [5, 5.41) is 5.21. The SMILES string of the molecule is c1ccc2c(c1)nc(-c1cccc3c1sc1ccccc13)n2-c1ccc2sc3ccccc3c2c1. The van der Waals surface area contributed by atoms with Crippen LogP contribution in [0.1, 0.15) is 0 Å². The highest BCUT2D eigenvalue weighted by Crippen LogP contribution is 2.42. The van der Waals surface area contributed by atoms with Gasteiger partial charge in [-0.15, -0.1) is 22.7 Å². The van der Waals surface area contributed by atoms with Crippen molar-refractivity contribution in [3.8, 4) is 17.1 Å². The van der Waals surface area contributed by atoms with Crippen LogP contribution in [-0.4, -0.2) is 9.55 Å². The molecule has 0 saturated carbocycles. The molecule has 0 saturated heterocycles. The monoisotopic (exact) mass is 482 g/mol. The van der Waals surface area contributed by atoms with Crippen molar-refractivity contribution in [2.75, 3.05) is 0 Å². The molecule has 0 N–H and O–H groups in total. The number of hydrogen-bond donors (Lipinski definition) is 0.